The summed E-state index contributed by atoms with van der Waals surface area (Å²) in [4.78, 5) is 14.5. The van der Waals surface area contributed by atoms with Crippen LogP contribution in [-0.4, -0.2) is 46.7 Å². The first-order chi connectivity index (χ1) is 14.2. The molecule has 0 bridgehead atoms. The van der Waals surface area contributed by atoms with Crippen molar-refractivity contribution in [1.29, 1.82) is 0 Å². The first kappa shape index (κ1) is 19.9. The molecule has 2 aliphatic rings. The molecule has 1 aliphatic heterocycles. The minimum atomic E-state index is -0.370. The summed E-state index contributed by atoms with van der Waals surface area (Å²) in [6.45, 7) is 2.43. The molecular weight excluding hydrogens is 371 g/mol. The predicted octanol–water partition coefficient (Wildman–Crippen LogP) is 3.37. The highest BCUT2D eigenvalue weighted by atomic mass is 19.1. The summed E-state index contributed by atoms with van der Waals surface area (Å²) in [7, 11) is 0. The number of nitrogens with one attached hydrogen (secondary N) is 2. The van der Waals surface area contributed by atoms with E-state index in [0.29, 0.717) is 18.5 Å². The van der Waals surface area contributed by atoms with Crippen molar-refractivity contribution in [2.45, 2.75) is 57.1 Å². The zero-order valence-corrected chi connectivity index (χ0v) is 16.7. The topological polar surface area (TPSA) is 70.2 Å². The number of hydrogen-bond acceptors (Lipinski definition) is 4. The lowest BCUT2D eigenvalue weighted by atomic mass is 9.95. The van der Waals surface area contributed by atoms with Gasteiger partial charge in [0.15, 0.2) is 11.6 Å². The lowest BCUT2D eigenvalue weighted by Gasteiger charge is -2.24. The molecule has 1 aromatic carbocycles. The Morgan fingerprint density at radius 2 is 2.07 bits per heavy atom. The minimum absolute atomic E-state index is 0.138. The fourth-order valence-electron chi connectivity index (χ4n) is 4.32. The van der Waals surface area contributed by atoms with Gasteiger partial charge >= 0.3 is 0 Å². The second-order valence-corrected chi connectivity index (χ2v) is 8.16. The highest BCUT2D eigenvalue weighted by molar-refractivity contribution is 5.78. The quantitative estimate of drug-likeness (QED) is 0.748. The summed E-state index contributed by atoms with van der Waals surface area (Å²) in [6, 6.07) is 8.71. The van der Waals surface area contributed by atoms with Gasteiger partial charge in [0, 0.05) is 18.5 Å². The number of aromatic amines is 1. The highest BCUT2D eigenvalue weighted by Gasteiger charge is 2.27. The molecule has 6 nitrogen and oxygen atoms in total. The number of aromatic nitrogens is 2. The highest BCUT2D eigenvalue weighted by Crippen LogP contribution is 2.26. The standard InChI is InChI=1S/C22H29FN4O2/c23-19-8-4-5-9-21(19)29-15-18-12-20(26-25-18)16-10-11-27(13-16)14-22(28)24-17-6-2-1-3-7-17/h4-5,8-9,12,16-17H,1-3,6-7,10-11,13-15H2,(H,24,28)(H,25,26)/t16-/m0/s1. The summed E-state index contributed by atoms with van der Waals surface area (Å²) in [5.41, 5.74) is 1.80. The molecule has 2 N–H and O–H groups in total. The molecule has 0 radical (unpaired) electrons. The second kappa shape index (κ2) is 9.39. The van der Waals surface area contributed by atoms with Gasteiger partial charge in [0.2, 0.25) is 5.91 Å². The molecule has 156 valence electrons. The first-order valence-electron chi connectivity index (χ1n) is 10.6. The number of carbonyl (C=O) groups excluding carboxylic acids is 1. The first-order valence-corrected chi connectivity index (χ1v) is 10.6. The molecule has 1 atom stereocenters. The lowest BCUT2D eigenvalue weighted by Crippen LogP contribution is -2.42. The number of ether oxygens (including phenoxy) is 1. The van der Waals surface area contributed by atoms with Crippen LogP contribution in [0, 0.1) is 5.82 Å². The molecular formula is C22H29FN4O2. The molecule has 1 amide bonds. The van der Waals surface area contributed by atoms with Crippen LogP contribution >= 0.6 is 0 Å². The third-order valence-electron chi connectivity index (χ3n) is 5.90. The van der Waals surface area contributed by atoms with Crippen molar-refractivity contribution >= 4 is 5.91 Å². The van der Waals surface area contributed by atoms with Crippen LogP contribution in [-0.2, 0) is 11.4 Å². The number of nitrogens with zero attached hydrogens (tertiary/aromatic N) is 2. The Hall–Kier alpha value is -2.41. The zero-order valence-electron chi connectivity index (χ0n) is 16.7. The van der Waals surface area contributed by atoms with Crippen molar-refractivity contribution in [1.82, 2.24) is 20.4 Å². The van der Waals surface area contributed by atoms with Crippen molar-refractivity contribution in [2.24, 2.45) is 0 Å². The average Bonchev–Trinajstić information content (AvgIpc) is 3.37. The molecule has 1 aromatic heterocycles. The summed E-state index contributed by atoms with van der Waals surface area (Å²) in [5.74, 6) is 0.305. The molecule has 4 rings (SSSR count). The molecule has 2 heterocycles. The van der Waals surface area contributed by atoms with Gasteiger partial charge in [-0.25, -0.2) is 4.39 Å². The molecule has 1 saturated carbocycles. The Labute approximate surface area is 170 Å². The van der Waals surface area contributed by atoms with Gasteiger partial charge in [0.25, 0.3) is 0 Å². The maximum Gasteiger partial charge on any atom is 0.234 e. The van der Waals surface area contributed by atoms with E-state index in [1.807, 2.05) is 6.07 Å². The van der Waals surface area contributed by atoms with Gasteiger partial charge in [0.05, 0.1) is 17.9 Å². The summed E-state index contributed by atoms with van der Waals surface area (Å²) in [5, 5.41) is 10.6. The van der Waals surface area contributed by atoms with E-state index in [-0.39, 0.29) is 24.1 Å². The smallest absolute Gasteiger partial charge is 0.234 e. The SMILES string of the molecule is O=C(CN1CC[C@H](c2cc(COc3ccccc3F)[nH]n2)C1)NC1CCCCC1. The van der Waals surface area contributed by atoms with Gasteiger partial charge in [-0.3, -0.25) is 14.8 Å². The van der Waals surface area contributed by atoms with Gasteiger partial charge in [-0.15, -0.1) is 0 Å². The van der Waals surface area contributed by atoms with Crippen molar-refractivity contribution in [2.75, 3.05) is 19.6 Å². The van der Waals surface area contributed by atoms with Crippen molar-refractivity contribution in [3.05, 3.63) is 47.5 Å². The molecule has 1 aliphatic carbocycles. The number of likely N-dealkylation sites (tertiary alicyclic amines) is 1. The third kappa shape index (κ3) is 5.35. The fourth-order valence-corrected chi connectivity index (χ4v) is 4.32. The molecule has 2 fully saturated rings. The maximum atomic E-state index is 13.6. The number of amides is 1. The number of benzene rings is 1. The van der Waals surface area contributed by atoms with Gasteiger partial charge in [-0.05, 0) is 44.0 Å². The largest absolute Gasteiger partial charge is 0.484 e. The Bertz CT molecular complexity index is 819. The normalized spacial score (nSPS) is 20.7. The number of H-pyrrole nitrogens is 1. The van der Waals surface area contributed by atoms with Gasteiger partial charge in [0.1, 0.15) is 6.61 Å². The summed E-state index contributed by atoms with van der Waals surface area (Å²) < 4.78 is 19.2. The fraction of sp³-hybridized carbons (Fsp3) is 0.545. The number of halogens is 1. The molecule has 7 heteroatoms. The molecule has 0 unspecified atom stereocenters. The Morgan fingerprint density at radius 1 is 1.24 bits per heavy atom. The van der Waals surface area contributed by atoms with Crippen LogP contribution in [0.3, 0.4) is 0 Å². The van der Waals surface area contributed by atoms with Gasteiger partial charge in [-0.2, -0.15) is 5.10 Å². The van der Waals surface area contributed by atoms with Crippen molar-refractivity contribution in [3.8, 4) is 5.75 Å². The van der Waals surface area contributed by atoms with Crippen LogP contribution < -0.4 is 10.1 Å². The summed E-state index contributed by atoms with van der Waals surface area (Å²) >= 11 is 0. The van der Waals surface area contributed by atoms with Gasteiger partial charge in [-0.1, -0.05) is 31.4 Å². The maximum absolute atomic E-state index is 13.6. The van der Waals surface area contributed by atoms with Crippen LogP contribution in [0.2, 0.25) is 0 Å². The second-order valence-electron chi connectivity index (χ2n) is 8.16. The monoisotopic (exact) mass is 400 g/mol. The molecule has 0 spiro atoms. The van der Waals surface area contributed by atoms with E-state index < -0.39 is 0 Å². The average molecular weight is 400 g/mol. The lowest BCUT2D eigenvalue weighted by molar-refractivity contribution is -0.122. The van der Waals surface area contributed by atoms with Gasteiger partial charge < -0.3 is 10.1 Å². The van der Waals surface area contributed by atoms with E-state index in [1.165, 1.54) is 25.3 Å². The third-order valence-corrected chi connectivity index (χ3v) is 5.90. The Morgan fingerprint density at radius 3 is 2.90 bits per heavy atom. The van der Waals surface area contributed by atoms with E-state index in [1.54, 1.807) is 18.2 Å². The van der Waals surface area contributed by atoms with E-state index in [0.717, 1.165) is 43.7 Å². The number of para-hydroxylation sites is 1. The van der Waals surface area contributed by atoms with E-state index in [2.05, 4.69) is 20.4 Å². The number of rotatable bonds is 7. The Kier molecular flexibility index (Phi) is 6.44. The van der Waals surface area contributed by atoms with Crippen LogP contribution in [0.5, 0.6) is 5.75 Å². The van der Waals surface area contributed by atoms with E-state index in [4.69, 9.17) is 4.74 Å². The van der Waals surface area contributed by atoms with Crippen LogP contribution in [0.4, 0.5) is 4.39 Å². The van der Waals surface area contributed by atoms with Crippen molar-refractivity contribution in [3.63, 3.8) is 0 Å². The van der Waals surface area contributed by atoms with Crippen LogP contribution in [0.1, 0.15) is 55.8 Å². The summed E-state index contributed by atoms with van der Waals surface area (Å²) in [6.07, 6.45) is 6.93. The van der Waals surface area contributed by atoms with Crippen molar-refractivity contribution < 1.29 is 13.9 Å². The predicted molar refractivity (Wildman–Crippen MR) is 108 cm³/mol. The molecule has 1 saturated heterocycles. The Balaban J connectivity index is 1.24. The molecule has 2 aromatic rings. The zero-order chi connectivity index (χ0) is 20.1. The van der Waals surface area contributed by atoms with E-state index >= 15 is 0 Å². The number of hydrogen-bond donors (Lipinski definition) is 2. The van der Waals surface area contributed by atoms with E-state index in [9.17, 15) is 9.18 Å². The molecule has 29 heavy (non-hydrogen) atoms. The minimum Gasteiger partial charge on any atom is -0.484 e. The van der Waals surface area contributed by atoms with Crippen LogP contribution in [0.25, 0.3) is 0 Å². The number of carbonyl (C=O) groups is 1. The van der Waals surface area contributed by atoms with Crippen LogP contribution in [0.15, 0.2) is 30.3 Å².